The van der Waals surface area contributed by atoms with Crippen molar-refractivity contribution in [3.63, 3.8) is 0 Å². The molecule has 34 heavy (non-hydrogen) atoms. The first-order valence-corrected chi connectivity index (χ1v) is 11.2. The molecular weight excluding hydrogens is 444 g/mol. The number of carboxylic acid groups (broad SMARTS) is 1. The van der Waals surface area contributed by atoms with Gasteiger partial charge in [-0.2, -0.15) is 0 Å². The molecule has 0 aromatic heterocycles. The summed E-state index contributed by atoms with van der Waals surface area (Å²) < 4.78 is 0. The van der Waals surface area contributed by atoms with Crippen LogP contribution in [0.1, 0.15) is 38.3 Å². The van der Waals surface area contributed by atoms with E-state index in [4.69, 9.17) is 0 Å². The van der Waals surface area contributed by atoms with Gasteiger partial charge in [0.1, 0.15) is 24.2 Å². The molecule has 0 bridgehead atoms. The summed E-state index contributed by atoms with van der Waals surface area (Å²) in [7, 11) is 0. The van der Waals surface area contributed by atoms with Crippen LogP contribution in [-0.2, 0) is 36.8 Å². The molecule has 11 nitrogen and oxygen atoms in total. The molecule has 184 valence electrons. The van der Waals surface area contributed by atoms with Crippen LogP contribution in [0.3, 0.4) is 0 Å². The minimum atomic E-state index is -1.50. The van der Waals surface area contributed by atoms with Crippen molar-refractivity contribution in [2.24, 2.45) is 5.92 Å². The SMILES string of the molecule is CC(=O)N[C@H](C(=O)N[C@H]1CCc2cccc3c2N(C1=O)[C@H](C(=O)N[C@@H](CO)C(=O)O)C3)C(C)C. The molecule has 5 N–H and O–H groups in total. The van der Waals surface area contributed by atoms with Crippen molar-refractivity contribution in [2.45, 2.75) is 64.2 Å². The Hall–Kier alpha value is -3.47. The van der Waals surface area contributed by atoms with Gasteiger partial charge in [-0.15, -0.1) is 0 Å². The van der Waals surface area contributed by atoms with Crippen LogP contribution in [0.4, 0.5) is 5.69 Å². The number of aliphatic hydroxyl groups excluding tert-OH is 1. The lowest BCUT2D eigenvalue weighted by Crippen LogP contribution is -2.59. The molecule has 3 rings (SSSR count). The molecule has 2 heterocycles. The van der Waals surface area contributed by atoms with Gasteiger partial charge in [-0.3, -0.25) is 24.1 Å². The number of rotatable bonds is 8. The monoisotopic (exact) mass is 474 g/mol. The fourth-order valence-electron chi connectivity index (χ4n) is 4.44. The van der Waals surface area contributed by atoms with E-state index in [-0.39, 0.29) is 18.2 Å². The van der Waals surface area contributed by atoms with Gasteiger partial charge >= 0.3 is 5.97 Å². The molecule has 0 saturated carbocycles. The Morgan fingerprint density at radius 2 is 1.82 bits per heavy atom. The summed E-state index contributed by atoms with van der Waals surface area (Å²) in [6.45, 7) is 4.07. The standard InChI is InChI=1S/C23H30N4O7/c1-11(2)18(24-12(3)29)21(31)25-15-8-7-13-5-4-6-14-9-17(27(19(13)14)22(15)32)20(30)26-16(10-28)23(33)34/h4-6,11,15-18,28H,7-10H2,1-3H3,(H,24,29)(H,25,31)(H,26,30)(H,33,34)/t15-,16-,17-,18-/m0/s1. The highest BCUT2D eigenvalue weighted by Crippen LogP contribution is 2.39. The molecule has 2 aliphatic heterocycles. The maximum atomic E-state index is 13.6. The maximum Gasteiger partial charge on any atom is 0.328 e. The van der Waals surface area contributed by atoms with Gasteiger partial charge in [0.15, 0.2) is 0 Å². The lowest BCUT2D eigenvalue weighted by Gasteiger charge is -2.29. The van der Waals surface area contributed by atoms with Crippen molar-refractivity contribution >= 4 is 35.3 Å². The Morgan fingerprint density at radius 1 is 1.15 bits per heavy atom. The molecule has 2 aliphatic rings. The van der Waals surface area contributed by atoms with Crippen LogP contribution in [0.25, 0.3) is 0 Å². The van der Waals surface area contributed by atoms with Crippen LogP contribution in [-0.4, -0.2) is 70.6 Å². The van der Waals surface area contributed by atoms with Crippen LogP contribution < -0.4 is 20.9 Å². The number of aliphatic hydroxyl groups is 1. The Labute approximate surface area is 196 Å². The molecule has 1 aromatic rings. The second-order valence-corrected chi connectivity index (χ2v) is 8.96. The Balaban J connectivity index is 1.89. The third-order valence-electron chi connectivity index (χ3n) is 6.13. The smallest absolute Gasteiger partial charge is 0.328 e. The van der Waals surface area contributed by atoms with E-state index in [2.05, 4.69) is 16.0 Å². The maximum absolute atomic E-state index is 13.6. The normalized spacial score (nSPS) is 20.7. The highest BCUT2D eigenvalue weighted by Gasteiger charge is 2.45. The molecule has 4 amide bonds. The molecule has 0 saturated heterocycles. The summed E-state index contributed by atoms with van der Waals surface area (Å²) in [5.41, 5.74) is 2.21. The first kappa shape index (κ1) is 25.2. The number of benzene rings is 1. The topological polar surface area (TPSA) is 165 Å². The number of nitrogens with one attached hydrogen (secondary N) is 3. The van der Waals surface area contributed by atoms with E-state index in [1.165, 1.54) is 11.8 Å². The van der Waals surface area contributed by atoms with Crippen LogP contribution in [0.5, 0.6) is 0 Å². The van der Waals surface area contributed by atoms with Crippen molar-refractivity contribution in [1.29, 1.82) is 0 Å². The Kier molecular flexibility index (Phi) is 7.55. The van der Waals surface area contributed by atoms with Crippen LogP contribution in [0.2, 0.25) is 0 Å². The lowest BCUT2D eigenvalue weighted by atomic mass is 10.00. The summed E-state index contributed by atoms with van der Waals surface area (Å²) in [6, 6.07) is 1.19. The molecule has 11 heteroatoms. The van der Waals surface area contributed by atoms with Gasteiger partial charge in [-0.05, 0) is 29.9 Å². The number of amides is 4. The summed E-state index contributed by atoms with van der Waals surface area (Å²) in [5.74, 6) is -3.67. The van der Waals surface area contributed by atoms with E-state index in [0.717, 1.165) is 11.1 Å². The van der Waals surface area contributed by atoms with Gasteiger partial charge in [0.25, 0.3) is 0 Å². The van der Waals surface area contributed by atoms with Crippen molar-refractivity contribution in [3.8, 4) is 0 Å². The molecule has 0 spiro atoms. The Morgan fingerprint density at radius 3 is 2.41 bits per heavy atom. The van der Waals surface area contributed by atoms with Gasteiger partial charge in [0, 0.05) is 13.3 Å². The van der Waals surface area contributed by atoms with Crippen molar-refractivity contribution in [1.82, 2.24) is 16.0 Å². The van der Waals surface area contributed by atoms with E-state index >= 15 is 0 Å². The van der Waals surface area contributed by atoms with E-state index < -0.39 is 54.5 Å². The lowest BCUT2D eigenvalue weighted by molar-refractivity contribution is -0.143. The van der Waals surface area contributed by atoms with E-state index in [0.29, 0.717) is 18.5 Å². The number of carbonyl (C=O) groups is 5. The van der Waals surface area contributed by atoms with Crippen molar-refractivity contribution < 1.29 is 34.2 Å². The number of carbonyl (C=O) groups excluding carboxylic acids is 4. The predicted octanol–water partition coefficient (Wildman–Crippen LogP) is -0.902. The predicted molar refractivity (Wildman–Crippen MR) is 121 cm³/mol. The number of carboxylic acids is 1. The van der Waals surface area contributed by atoms with Gasteiger partial charge in [0.05, 0.1) is 12.3 Å². The van der Waals surface area contributed by atoms with Gasteiger partial charge in [0.2, 0.25) is 23.6 Å². The zero-order valence-corrected chi connectivity index (χ0v) is 19.3. The first-order chi connectivity index (χ1) is 16.0. The van der Waals surface area contributed by atoms with E-state index in [1.807, 2.05) is 12.1 Å². The minimum absolute atomic E-state index is 0.180. The van der Waals surface area contributed by atoms with E-state index in [1.54, 1.807) is 19.9 Å². The quantitative estimate of drug-likeness (QED) is 0.326. The third kappa shape index (κ3) is 5.04. The molecule has 0 aliphatic carbocycles. The molecule has 1 aromatic carbocycles. The molecule has 0 radical (unpaired) electrons. The second kappa shape index (κ2) is 10.2. The highest BCUT2D eigenvalue weighted by molar-refractivity contribution is 6.08. The van der Waals surface area contributed by atoms with Crippen LogP contribution in [0, 0.1) is 5.92 Å². The van der Waals surface area contributed by atoms with Gasteiger partial charge in [-0.1, -0.05) is 32.0 Å². The number of aliphatic carboxylic acids is 1. The van der Waals surface area contributed by atoms with Crippen LogP contribution in [0.15, 0.2) is 18.2 Å². The molecular formula is C23H30N4O7. The van der Waals surface area contributed by atoms with Gasteiger partial charge in [-0.25, -0.2) is 4.79 Å². The summed E-state index contributed by atoms with van der Waals surface area (Å²) in [5, 5.41) is 26.1. The number of nitrogens with zero attached hydrogens (tertiary/aromatic N) is 1. The zero-order valence-electron chi connectivity index (χ0n) is 19.3. The van der Waals surface area contributed by atoms with Crippen molar-refractivity contribution in [2.75, 3.05) is 11.5 Å². The summed E-state index contributed by atoms with van der Waals surface area (Å²) in [4.78, 5) is 63.7. The fraction of sp³-hybridized carbons (Fsp3) is 0.522. The summed E-state index contributed by atoms with van der Waals surface area (Å²) >= 11 is 0. The number of hydrogen-bond acceptors (Lipinski definition) is 6. The largest absolute Gasteiger partial charge is 0.480 e. The van der Waals surface area contributed by atoms with Gasteiger partial charge < -0.3 is 26.2 Å². The minimum Gasteiger partial charge on any atom is -0.480 e. The second-order valence-electron chi connectivity index (χ2n) is 8.96. The molecule has 0 fully saturated rings. The number of para-hydroxylation sites is 1. The fourth-order valence-corrected chi connectivity index (χ4v) is 4.44. The number of hydrogen-bond donors (Lipinski definition) is 5. The van der Waals surface area contributed by atoms with Crippen LogP contribution >= 0.6 is 0 Å². The third-order valence-corrected chi connectivity index (χ3v) is 6.13. The average molecular weight is 475 g/mol. The number of anilines is 1. The summed E-state index contributed by atoms with van der Waals surface area (Å²) in [6.07, 6.45) is 0.955. The Bertz CT molecular complexity index is 1010. The van der Waals surface area contributed by atoms with E-state index in [9.17, 15) is 34.2 Å². The van der Waals surface area contributed by atoms with Crippen molar-refractivity contribution in [3.05, 3.63) is 29.3 Å². The first-order valence-electron chi connectivity index (χ1n) is 11.2. The zero-order chi connectivity index (χ0) is 25.2. The average Bonchev–Trinajstić information content (AvgIpc) is 3.11. The molecule has 0 unspecified atom stereocenters. The highest BCUT2D eigenvalue weighted by atomic mass is 16.4. The number of aryl methyl sites for hydroxylation is 1. The molecule has 4 atom stereocenters.